The van der Waals surface area contributed by atoms with E-state index >= 15 is 0 Å². The van der Waals surface area contributed by atoms with E-state index in [1.54, 1.807) is 11.8 Å². The lowest BCUT2D eigenvalue weighted by atomic mass is 10.0. The molecule has 1 saturated heterocycles. The lowest BCUT2D eigenvalue weighted by Crippen LogP contribution is -2.26. The van der Waals surface area contributed by atoms with Crippen LogP contribution in [0.5, 0.6) is 0 Å². The first kappa shape index (κ1) is 12.5. The molecule has 18 heavy (non-hydrogen) atoms. The first-order valence-electron chi connectivity index (χ1n) is 5.86. The molecule has 2 rings (SSSR count). The maximum absolute atomic E-state index is 11.2. The van der Waals surface area contributed by atoms with Crippen molar-refractivity contribution in [3.05, 3.63) is 23.8 Å². The van der Waals surface area contributed by atoms with Crippen molar-refractivity contribution in [2.45, 2.75) is 19.8 Å². The highest BCUT2D eigenvalue weighted by atomic mass is 16.4. The Morgan fingerprint density at radius 2 is 2.17 bits per heavy atom. The van der Waals surface area contributed by atoms with Gasteiger partial charge < -0.3 is 10.0 Å². The van der Waals surface area contributed by atoms with E-state index in [2.05, 4.69) is 9.97 Å². The maximum Gasteiger partial charge on any atom is 0.356 e. The molecule has 6 heteroatoms. The molecule has 0 radical (unpaired) electrons. The summed E-state index contributed by atoms with van der Waals surface area (Å²) in [6.45, 7) is 2.96. The van der Waals surface area contributed by atoms with Gasteiger partial charge in [-0.2, -0.15) is 0 Å². The number of likely N-dealkylation sites (tertiary alicyclic amines) is 1. The summed E-state index contributed by atoms with van der Waals surface area (Å²) < 4.78 is 0. The Balaban J connectivity index is 2.07. The molecule has 1 aromatic rings. The number of carboxylic acid groups (broad SMARTS) is 1. The summed E-state index contributed by atoms with van der Waals surface area (Å²) in [7, 11) is 0. The van der Waals surface area contributed by atoms with E-state index < -0.39 is 5.97 Å². The molecule has 0 spiro atoms. The Morgan fingerprint density at radius 1 is 1.44 bits per heavy atom. The van der Waals surface area contributed by atoms with Crippen molar-refractivity contribution in [1.29, 1.82) is 0 Å². The highest BCUT2D eigenvalue weighted by Crippen LogP contribution is 2.21. The molecule has 1 N–H and O–H groups in total. The molecule has 0 unspecified atom stereocenters. The minimum atomic E-state index is -1.06. The lowest BCUT2D eigenvalue weighted by molar-refractivity contribution is -0.127. The Kier molecular flexibility index (Phi) is 3.55. The molecule has 1 atom stereocenters. The number of carbonyl (C=O) groups excluding carboxylic acids is 1. The Hall–Kier alpha value is -1.98. The SMILES string of the molecule is CC(=O)N1CC[C@H](Cc2nccnc2C(=O)O)C1. The van der Waals surface area contributed by atoms with Gasteiger partial charge in [0.05, 0.1) is 5.69 Å². The lowest BCUT2D eigenvalue weighted by Gasteiger charge is -2.14. The number of amides is 1. The molecule has 0 bridgehead atoms. The van der Waals surface area contributed by atoms with Crippen molar-refractivity contribution >= 4 is 11.9 Å². The third-order valence-corrected chi connectivity index (χ3v) is 3.19. The van der Waals surface area contributed by atoms with Crippen LogP contribution >= 0.6 is 0 Å². The number of nitrogens with zero attached hydrogens (tertiary/aromatic N) is 3. The molecular formula is C12H15N3O3. The predicted molar refractivity (Wildman–Crippen MR) is 63.1 cm³/mol. The van der Waals surface area contributed by atoms with Crippen molar-refractivity contribution in [1.82, 2.24) is 14.9 Å². The molecule has 1 fully saturated rings. The van der Waals surface area contributed by atoms with E-state index in [1.165, 1.54) is 12.4 Å². The summed E-state index contributed by atoms with van der Waals surface area (Å²) >= 11 is 0. The van der Waals surface area contributed by atoms with Crippen LogP contribution in [0.2, 0.25) is 0 Å². The fourth-order valence-electron chi connectivity index (χ4n) is 2.25. The summed E-state index contributed by atoms with van der Waals surface area (Å²) in [5, 5.41) is 9.01. The van der Waals surface area contributed by atoms with Crippen LogP contribution in [0.3, 0.4) is 0 Å². The van der Waals surface area contributed by atoms with Crippen LogP contribution in [-0.4, -0.2) is 44.9 Å². The zero-order valence-corrected chi connectivity index (χ0v) is 10.2. The van der Waals surface area contributed by atoms with Crippen LogP contribution in [0.4, 0.5) is 0 Å². The summed E-state index contributed by atoms with van der Waals surface area (Å²) in [5.41, 5.74) is 0.513. The molecule has 0 saturated carbocycles. The van der Waals surface area contributed by atoms with Crippen molar-refractivity contribution in [2.24, 2.45) is 5.92 Å². The summed E-state index contributed by atoms with van der Waals surface area (Å²) in [6, 6.07) is 0. The second kappa shape index (κ2) is 5.12. The monoisotopic (exact) mass is 249 g/mol. The number of aromatic nitrogens is 2. The summed E-state index contributed by atoms with van der Waals surface area (Å²) in [5.74, 6) is -0.724. The fourth-order valence-corrected chi connectivity index (χ4v) is 2.25. The third-order valence-electron chi connectivity index (χ3n) is 3.19. The predicted octanol–water partition coefficient (Wildman–Crippen LogP) is 0.586. The zero-order valence-electron chi connectivity index (χ0n) is 10.2. The van der Waals surface area contributed by atoms with Gasteiger partial charge >= 0.3 is 5.97 Å². The van der Waals surface area contributed by atoms with Crippen LogP contribution in [-0.2, 0) is 11.2 Å². The molecule has 6 nitrogen and oxygen atoms in total. The highest BCUT2D eigenvalue weighted by Gasteiger charge is 2.26. The normalized spacial score (nSPS) is 18.9. The summed E-state index contributed by atoms with van der Waals surface area (Å²) in [4.78, 5) is 31.9. The fraction of sp³-hybridized carbons (Fsp3) is 0.500. The van der Waals surface area contributed by atoms with Crippen LogP contribution < -0.4 is 0 Å². The van der Waals surface area contributed by atoms with Gasteiger partial charge in [-0.3, -0.25) is 9.78 Å². The smallest absolute Gasteiger partial charge is 0.356 e. The maximum atomic E-state index is 11.2. The van der Waals surface area contributed by atoms with E-state index in [0.29, 0.717) is 18.7 Å². The minimum absolute atomic E-state index is 0.0128. The van der Waals surface area contributed by atoms with E-state index in [-0.39, 0.29) is 17.5 Å². The van der Waals surface area contributed by atoms with E-state index in [9.17, 15) is 9.59 Å². The number of hydrogen-bond acceptors (Lipinski definition) is 4. The second-order valence-electron chi connectivity index (χ2n) is 4.48. The van der Waals surface area contributed by atoms with Gasteiger partial charge in [0.2, 0.25) is 5.91 Å². The van der Waals surface area contributed by atoms with Gasteiger partial charge in [0.25, 0.3) is 0 Å². The van der Waals surface area contributed by atoms with Crippen molar-refractivity contribution in [2.75, 3.05) is 13.1 Å². The van der Waals surface area contributed by atoms with Crippen LogP contribution in [0.15, 0.2) is 12.4 Å². The van der Waals surface area contributed by atoms with E-state index in [1.807, 2.05) is 0 Å². The van der Waals surface area contributed by atoms with Gasteiger partial charge in [0.1, 0.15) is 0 Å². The van der Waals surface area contributed by atoms with Gasteiger partial charge in [-0.25, -0.2) is 9.78 Å². The molecule has 2 heterocycles. The van der Waals surface area contributed by atoms with Crippen molar-refractivity contribution < 1.29 is 14.7 Å². The molecule has 1 aliphatic rings. The van der Waals surface area contributed by atoms with E-state index in [4.69, 9.17) is 5.11 Å². The number of aromatic carboxylic acids is 1. The topological polar surface area (TPSA) is 83.4 Å². The number of hydrogen-bond donors (Lipinski definition) is 1. The van der Waals surface area contributed by atoms with Gasteiger partial charge in [-0.1, -0.05) is 0 Å². The molecule has 0 aliphatic carbocycles. The van der Waals surface area contributed by atoms with Gasteiger partial charge in [0.15, 0.2) is 5.69 Å². The first-order chi connectivity index (χ1) is 8.58. The average Bonchev–Trinajstić information content (AvgIpc) is 2.78. The van der Waals surface area contributed by atoms with Crippen LogP contribution in [0.1, 0.15) is 29.5 Å². The molecule has 1 amide bonds. The number of carbonyl (C=O) groups is 2. The summed E-state index contributed by atoms with van der Waals surface area (Å²) in [6.07, 6.45) is 4.32. The Bertz CT molecular complexity index is 475. The Morgan fingerprint density at radius 3 is 2.78 bits per heavy atom. The van der Waals surface area contributed by atoms with Crippen molar-refractivity contribution in [3.8, 4) is 0 Å². The van der Waals surface area contributed by atoms with E-state index in [0.717, 1.165) is 13.0 Å². The van der Waals surface area contributed by atoms with Crippen LogP contribution in [0.25, 0.3) is 0 Å². The largest absolute Gasteiger partial charge is 0.476 e. The molecular weight excluding hydrogens is 234 g/mol. The Labute approximate surface area is 105 Å². The standard InChI is InChI=1S/C12H15N3O3/c1-8(16)15-5-2-9(7-15)6-10-11(12(17)18)14-4-3-13-10/h3-4,9H,2,5-7H2,1H3,(H,17,18)/t9-/m1/s1. The number of carboxylic acids is 1. The molecule has 0 aromatic carbocycles. The average molecular weight is 249 g/mol. The minimum Gasteiger partial charge on any atom is -0.476 e. The number of rotatable bonds is 3. The first-order valence-corrected chi connectivity index (χ1v) is 5.86. The highest BCUT2D eigenvalue weighted by molar-refractivity contribution is 5.86. The van der Waals surface area contributed by atoms with Gasteiger partial charge in [0, 0.05) is 32.4 Å². The van der Waals surface area contributed by atoms with Crippen LogP contribution in [0, 0.1) is 5.92 Å². The van der Waals surface area contributed by atoms with Crippen molar-refractivity contribution in [3.63, 3.8) is 0 Å². The zero-order chi connectivity index (χ0) is 13.1. The van der Waals surface area contributed by atoms with Gasteiger partial charge in [-0.05, 0) is 18.8 Å². The second-order valence-corrected chi connectivity index (χ2v) is 4.48. The molecule has 96 valence electrons. The quantitative estimate of drug-likeness (QED) is 0.847. The van der Waals surface area contributed by atoms with Gasteiger partial charge in [-0.15, -0.1) is 0 Å². The molecule has 1 aromatic heterocycles. The third kappa shape index (κ3) is 2.64. The molecule has 1 aliphatic heterocycles.